The Bertz CT molecular complexity index is 667. The maximum atomic E-state index is 12.3. The van der Waals surface area contributed by atoms with Crippen LogP contribution in [0.3, 0.4) is 0 Å². The fourth-order valence-corrected chi connectivity index (χ4v) is 1.92. The number of carboxylic acid groups (broad SMARTS) is 1. The SMILES string of the molecule is Cc1cc(C(=O)N(C)C(C)C(=O)O)ccc1-n1cncn1. The fraction of sp³-hybridized carbons (Fsp3) is 0.286. The second-order valence-corrected chi connectivity index (χ2v) is 4.77. The van der Waals surface area contributed by atoms with Crippen molar-refractivity contribution in [3.8, 4) is 5.69 Å². The Morgan fingerprint density at radius 3 is 2.62 bits per heavy atom. The molecule has 0 spiro atoms. The summed E-state index contributed by atoms with van der Waals surface area (Å²) in [5.74, 6) is -1.38. The molecule has 2 aromatic rings. The molecular weight excluding hydrogens is 272 g/mol. The third-order valence-electron chi connectivity index (χ3n) is 3.37. The normalized spacial score (nSPS) is 12.0. The van der Waals surface area contributed by atoms with Crippen molar-refractivity contribution in [2.45, 2.75) is 19.9 Å². The van der Waals surface area contributed by atoms with Gasteiger partial charge in [-0.25, -0.2) is 14.5 Å². The summed E-state index contributed by atoms with van der Waals surface area (Å²) in [4.78, 5) is 28.3. The summed E-state index contributed by atoms with van der Waals surface area (Å²) >= 11 is 0. The Morgan fingerprint density at radius 1 is 1.38 bits per heavy atom. The van der Waals surface area contributed by atoms with Crippen LogP contribution in [0.25, 0.3) is 5.69 Å². The lowest BCUT2D eigenvalue weighted by atomic mass is 10.1. The van der Waals surface area contributed by atoms with Crippen LogP contribution in [0, 0.1) is 6.92 Å². The van der Waals surface area contributed by atoms with Crippen LogP contribution in [0.2, 0.25) is 0 Å². The Balaban J connectivity index is 2.28. The molecule has 0 fully saturated rings. The summed E-state index contributed by atoms with van der Waals surface area (Å²) in [6.07, 6.45) is 3.00. The summed E-state index contributed by atoms with van der Waals surface area (Å²) in [6.45, 7) is 3.32. The Kier molecular flexibility index (Phi) is 4.02. The van der Waals surface area contributed by atoms with E-state index in [4.69, 9.17) is 5.11 Å². The van der Waals surface area contributed by atoms with Crippen LogP contribution in [0.1, 0.15) is 22.8 Å². The number of aryl methyl sites for hydroxylation is 1. The van der Waals surface area contributed by atoms with Crippen LogP contribution in [0.15, 0.2) is 30.9 Å². The lowest BCUT2D eigenvalue weighted by Gasteiger charge is -2.21. The lowest BCUT2D eigenvalue weighted by molar-refractivity contribution is -0.141. The van der Waals surface area contributed by atoms with Gasteiger partial charge in [-0.1, -0.05) is 0 Å². The second kappa shape index (κ2) is 5.74. The molecule has 1 atom stereocenters. The number of amides is 1. The number of likely N-dealkylation sites (N-methyl/N-ethyl adjacent to an activating group) is 1. The van der Waals surface area contributed by atoms with Gasteiger partial charge in [-0.15, -0.1) is 0 Å². The minimum absolute atomic E-state index is 0.335. The monoisotopic (exact) mass is 288 g/mol. The van der Waals surface area contributed by atoms with E-state index in [0.717, 1.165) is 11.3 Å². The van der Waals surface area contributed by atoms with Gasteiger partial charge in [-0.2, -0.15) is 5.10 Å². The first kappa shape index (κ1) is 14.7. The summed E-state index contributed by atoms with van der Waals surface area (Å²) in [5, 5.41) is 13.0. The van der Waals surface area contributed by atoms with Crippen LogP contribution in [0.5, 0.6) is 0 Å². The molecule has 0 saturated carbocycles. The predicted molar refractivity (Wildman–Crippen MR) is 75.3 cm³/mol. The van der Waals surface area contributed by atoms with Gasteiger partial charge >= 0.3 is 5.97 Å². The average Bonchev–Trinajstić information content (AvgIpc) is 2.98. The van der Waals surface area contributed by atoms with Crippen molar-refractivity contribution in [2.24, 2.45) is 0 Å². The van der Waals surface area contributed by atoms with Crippen molar-refractivity contribution >= 4 is 11.9 Å². The molecule has 1 aromatic carbocycles. The Labute approximate surface area is 121 Å². The summed E-state index contributed by atoms with van der Waals surface area (Å²) in [7, 11) is 1.47. The number of carbonyl (C=O) groups is 2. The zero-order valence-corrected chi connectivity index (χ0v) is 12.0. The number of rotatable bonds is 4. The number of benzene rings is 1. The number of carbonyl (C=O) groups excluding carboxylic acids is 1. The van der Waals surface area contributed by atoms with Gasteiger partial charge in [-0.05, 0) is 37.6 Å². The van der Waals surface area contributed by atoms with Crippen LogP contribution < -0.4 is 0 Å². The topological polar surface area (TPSA) is 88.3 Å². The van der Waals surface area contributed by atoms with Crippen molar-refractivity contribution in [3.63, 3.8) is 0 Å². The highest BCUT2D eigenvalue weighted by molar-refractivity contribution is 5.96. The molecule has 7 heteroatoms. The first-order valence-electron chi connectivity index (χ1n) is 6.37. The maximum Gasteiger partial charge on any atom is 0.326 e. The third-order valence-corrected chi connectivity index (χ3v) is 3.37. The van der Waals surface area contributed by atoms with Crippen molar-refractivity contribution in [3.05, 3.63) is 42.0 Å². The summed E-state index contributed by atoms with van der Waals surface area (Å²) < 4.78 is 1.60. The number of aliphatic carboxylic acids is 1. The standard InChI is InChI=1S/C14H16N4O3/c1-9-6-11(13(19)17(3)10(2)14(20)21)4-5-12(9)18-8-15-7-16-18/h4-8,10H,1-3H3,(H,20,21). The first-order valence-corrected chi connectivity index (χ1v) is 6.37. The van der Waals surface area contributed by atoms with E-state index in [9.17, 15) is 9.59 Å². The number of aromatic nitrogens is 3. The molecule has 0 bridgehead atoms. The number of hydrogen-bond acceptors (Lipinski definition) is 4. The molecule has 1 heterocycles. The van der Waals surface area contributed by atoms with Gasteiger partial charge in [0.15, 0.2) is 0 Å². The molecule has 0 saturated heterocycles. The molecule has 1 amide bonds. The van der Waals surface area contributed by atoms with E-state index in [1.54, 1.807) is 29.2 Å². The van der Waals surface area contributed by atoms with E-state index >= 15 is 0 Å². The van der Waals surface area contributed by atoms with E-state index in [1.165, 1.54) is 25.2 Å². The van der Waals surface area contributed by atoms with Crippen LogP contribution >= 0.6 is 0 Å². The minimum atomic E-state index is -1.04. The lowest BCUT2D eigenvalue weighted by Crippen LogP contribution is -2.40. The molecule has 21 heavy (non-hydrogen) atoms. The van der Waals surface area contributed by atoms with Crippen molar-refractivity contribution in [2.75, 3.05) is 7.05 Å². The Morgan fingerprint density at radius 2 is 2.10 bits per heavy atom. The van der Waals surface area contributed by atoms with Gasteiger partial charge in [0, 0.05) is 12.6 Å². The largest absolute Gasteiger partial charge is 0.480 e. The van der Waals surface area contributed by atoms with Crippen molar-refractivity contribution < 1.29 is 14.7 Å². The summed E-state index contributed by atoms with van der Waals surface area (Å²) in [5.41, 5.74) is 2.10. The second-order valence-electron chi connectivity index (χ2n) is 4.77. The summed E-state index contributed by atoms with van der Waals surface area (Å²) in [6, 6.07) is 4.24. The first-order chi connectivity index (χ1) is 9.91. The zero-order chi connectivity index (χ0) is 15.6. The smallest absolute Gasteiger partial charge is 0.326 e. The Hall–Kier alpha value is -2.70. The quantitative estimate of drug-likeness (QED) is 0.910. The van der Waals surface area contributed by atoms with E-state index in [1.807, 2.05) is 6.92 Å². The van der Waals surface area contributed by atoms with Gasteiger partial charge in [0.1, 0.15) is 18.7 Å². The van der Waals surface area contributed by atoms with E-state index in [2.05, 4.69) is 10.1 Å². The van der Waals surface area contributed by atoms with Crippen LogP contribution in [0.4, 0.5) is 0 Å². The van der Waals surface area contributed by atoms with E-state index in [0.29, 0.717) is 5.56 Å². The van der Waals surface area contributed by atoms with E-state index in [-0.39, 0.29) is 5.91 Å². The molecule has 0 aliphatic rings. The van der Waals surface area contributed by atoms with Gasteiger partial charge in [0.05, 0.1) is 5.69 Å². The van der Waals surface area contributed by atoms with Gasteiger partial charge in [0.2, 0.25) is 0 Å². The number of hydrogen-bond donors (Lipinski definition) is 1. The zero-order valence-electron chi connectivity index (χ0n) is 12.0. The molecule has 1 aromatic heterocycles. The highest BCUT2D eigenvalue weighted by Gasteiger charge is 2.23. The van der Waals surface area contributed by atoms with Gasteiger partial charge < -0.3 is 10.0 Å². The molecule has 0 radical (unpaired) electrons. The molecule has 1 unspecified atom stereocenters. The van der Waals surface area contributed by atoms with Gasteiger partial charge in [0.25, 0.3) is 5.91 Å². The molecule has 2 rings (SSSR count). The van der Waals surface area contributed by atoms with Crippen LogP contribution in [-0.4, -0.2) is 49.7 Å². The maximum absolute atomic E-state index is 12.3. The van der Waals surface area contributed by atoms with Crippen LogP contribution in [-0.2, 0) is 4.79 Å². The minimum Gasteiger partial charge on any atom is -0.480 e. The third kappa shape index (κ3) is 2.91. The number of carboxylic acids is 1. The highest BCUT2D eigenvalue weighted by atomic mass is 16.4. The fourth-order valence-electron chi connectivity index (χ4n) is 1.92. The molecule has 0 aliphatic heterocycles. The predicted octanol–water partition coefficient (Wildman–Crippen LogP) is 1.12. The van der Waals surface area contributed by atoms with Crippen molar-refractivity contribution in [1.82, 2.24) is 19.7 Å². The van der Waals surface area contributed by atoms with Gasteiger partial charge in [-0.3, -0.25) is 4.79 Å². The molecule has 7 nitrogen and oxygen atoms in total. The number of nitrogens with zero attached hydrogens (tertiary/aromatic N) is 4. The molecular formula is C14H16N4O3. The highest BCUT2D eigenvalue weighted by Crippen LogP contribution is 2.16. The molecule has 110 valence electrons. The molecule has 0 aliphatic carbocycles. The van der Waals surface area contributed by atoms with E-state index < -0.39 is 12.0 Å². The average molecular weight is 288 g/mol. The molecule has 1 N–H and O–H groups in total. The van der Waals surface area contributed by atoms with Crippen molar-refractivity contribution in [1.29, 1.82) is 0 Å².